The zero-order valence-corrected chi connectivity index (χ0v) is 26.3. The Bertz CT molecular complexity index is 1430. The Labute approximate surface area is 263 Å². The fourth-order valence-electron chi connectivity index (χ4n) is 9.03. The molecule has 1 spiro atoms. The number of aliphatic hydroxyl groups is 1. The Balaban J connectivity index is 0.00000329. The number of hydrogen-bond donors (Lipinski definition) is 3. The van der Waals surface area contributed by atoms with E-state index in [0.717, 1.165) is 99.9 Å². The van der Waals surface area contributed by atoms with Crippen molar-refractivity contribution in [3.05, 3.63) is 82.2 Å². The zero-order chi connectivity index (χ0) is 28.6. The van der Waals surface area contributed by atoms with E-state index in [1.807, 2.05) is 6.07 Å². The summed E-state index contributed by atoms with van der Waals surface area (Å²) in [5.74, 6) is 0.233. The van der Waals surface area contributed by atoms with E-state index in [1.165, 1.54) is 35.1 Å². The molecule has 7 heteroatoms. The summed E-state index contributed by atoms with van der Waals surface area (Å²) >= 11 is 0. The van der Waals surface area contributed by atoms with E-state index in [9.17, 15) is 10.3 Å². The molecule has 0 amide bonds. The summed E-state index contributed by atoms with van der Waals surface area (Å²) < 4.78 is 0. The number of hydroxylamine groups is 2. The van der Waals surface area contributed by atoms with E-state index in [1.54, 1.807) is 0 Å². The third kappa shape index (κ3) is 5.70. The van der Waals surface area contributed by atoms with E-state index < -0.39 is 5.60 Å². The quantitative estimate of drug-likeness (QED) is 0.386. The first-order chi connectivity index (χ1) is 20.6. The van der Waals surface area contributed by atoms with Gasteiger partial charge < -0.3 is 15.3 Å². The van der Waals surface area contributed by atoms with Crippen LogP contribution in [0.4, 0.5) is 0 Å². The molecule has 5 atom stereocenters. The molecule has 0 radical (unpaired) electrons. The van der Waals surface area contributed by atoms with Crippen molar-refractivity contribution in [2.45, 2.75) is 88.7 Å². The molecule has 3 N–H and O–H groups in total. The minimum Gasteiger partial charge on any atom is -0.384 e. The first-order valence-electron chi connectivity index (χ1n) is 16.7. The lowest BCUT2D eigenvalue weighted by Gasteiger charge is -2.60. The van der Waals surface area contributed by atoms with Gasteiger partial charge in [-0.15, -0.1) is 12.4 Å². The minimum atomic E-state index is -1.03. The van der Waals surface area contributed by atoms with Crippen molar-refractivity contribution in [2.24, 2.45) is 16.3 Å². The highest BCUT2D eigenvalue weighted by molar-refractivity contribution is 5.85. The summed E-state index contributed by atoms with van der Waals surface area (Å²) in [6, 6.07) is 8.35. The monoisotopic (exact) mass is 604 g/mol. The van der Waals surface area contributed by atoms with Gasteiger partial charge in [-0.3, -0.25) is 10.3 Å². The fraction of sp³-hybridized carbons (Fsp3) is 0.583. The summed E-state index contributed by atoms with van der Waals surface area (Å²) in [4.78, 5) is 7.84. The molecule has 1 aliphatic carbocycles. The van der Waals surface area contributed by atoms with Gasteiger partial charge >= 0.3 is 0 Å². The van der Waals surface area contributed by atoms with Crippen LogP contribution in [0.5, 0.6) is 0 Å². The summed E-state index contributed by atoms with van der Waals surface area (Å²) in [5.41, 5.74) is 2.94. The highest BCUT2D eigenvalue weighted by atomic mass is 35.5. The fourth-order valence-corrected chi connectivity index (χ4v) is 9.03. The van der Waals surface area contributed by atoms with Crippen LogP contribution in [0.3, 0.4) is 0 Å². The molecule has 3 bridgehead atoms. The van der Waals surface area contributed by atoms with Crippen LogP contribution in [0.2, 0.25) is 0 Å². The summed E-state index contributed by atoms with van der Waals surface area (Å²) in [6.45, 7) is 4.63. The largest absolute Gasteiger partial charge is 0.384 e. The number of rotatable bonds is 1. The van der Waals surface area contributed by atoms with E-state index in [0.29, 0.717) is 13.0 Å². The van der Waals surface area contributed by atoms with Crippen LogP contribution in [0.15, 0.2) is 76.6 Å². The molecule has 1 aromatic carbocycles. The second kappa shape index (κ2) is 13.0. The Hall–Kier alpha value is -2.22. The molecule has 0 saturated carbocycles. The third-order valence-corrected chi connectivity index (χ3v) is 10.9. The van der Waals surface area contributed by atoms with Crippen LogP contribution >= 0.6 is 12.4 Å². The van der Waals surface area contributed by atoms with E-state index in [-0.39, 0.29) is 29.8 Å². The second-order valence-corrected chi connectivity index (χ2v) is 13.5. The van der Waals surface area contributed by atoms with Gasteiger partial charge in [-0.2, -0.15) is 0 Å². The van der Waals surface area contributed by atoms with Crippen molar-refractivity contribution < 1.29 is 10.3 Å². The predicted octanol–water partition coefficient (Wildman–Crippen LogP) is 5.18. The number of piperidine rings is 1. The summed E-state index contributed by atoms with van der Waals surface area (Å²) in [6.07, 6.45) is 23.9. The average molecular weight is 605 g/mol. The third-order valence-electron chi connectivity index (χ3n) is 10.9. The van der Waals surface area contributed by atoms with Crippen LogP contribution in [0.1, 0.15) is 77.0 Å². The van der Waals surface area contributed by atoms with Crippen LogP contribution in [0.25, 0.3) is 5.57 Å². The molecular formula is C36H49ClN4O2. The summed E-state index contributed by atoms with van der Waals surface area (Å²) in [7, 11) is 0. The van der Waals surface area contributed by atoms with Gasteiger partial charge in [0.15, 0.2) is 0 Å². The second-order valence-electron chi connectivity index (χ2n) is 13.5. The standard InChI is InChI=1S/C36H48N4O2.ClH/c41-36-20-12-6-2-4-8-14-22-39-23-18-30(35(26-39)19-11-5-1-3-7-13-21-37-34(35)36)29(25-36)33-32-28(17-24-40(33)42)27-15-9-10-16-31(27)38-32;/h1-2,5-6,9-10,15-16,25,30,34,37,41-42H,3-4,7-8,11-14,17-24,26H2;1H/b5-1-,6-2-;/t30-,34+,35-,36-;/m0./s1. The number of hydrogen-bond acceptors (Lipinski definition) is 6. The molecule has 1 unspecified atom stereocenters. The van der Waals surface area contributed by atoms with Crippen molar-refractivity contribution >= 4 is 18.0 Å². The molecule has 6 aliphatic rings. The lowest BCUT2D eigenvalue weighted by Crippen LogP contribution is -2.69. The van der Waals surface area contributed by atoms with Gasteiger partial charge in [0, 0.05) is 29.8 Å². The van der Waals surface area contributed by atoms with Gasteiger partial charge in [-0.05, 0) is 126 Å². The zero-order valence-electron chi connectivity index (χ0n) is 25.5. The lowest BCUT2D eigenvalue weighted by atomic mass is 9.53. The van der Waals surface area contributed by atoms with Gasteiger partial charge in [0.2, 0.25) is 0 Å². The van der Waals surface area contributed by atoms with Crippen LogP contribution in [-0.4, -0.2) is 64.6 Å². The molecule has 1 saturated heterocycles. The van der Waals surface area contributed by atoms with Gasteiger partial charge in [-0.25, -0.2) is 4.99 Å². The number of para-hydroxylation sites is 1. The molecule has 1 aromatic rings. The lowest BCUT2D eigenvalue weighted by molar-refractivity contribution is -0.0958. The first-order valence-corrected chi connectivity index (χ1v) is 16.7. The molecule has 5 aliphatic heterocycles. The molecule has 5 heterocycles. The number of fused-ring (bicyclic) bond motifs is 3. The van der Waals surface area contributed by atoms with E-state index in [4.69, 9.17) is 4.99 Å². The topological polar surface area (TPSA) is 71.3 Å². The molecule has 7 rings (SSSR count). The molecule has 0 aromatic heterocycles. The molecule has 6 nitrogen and oxygen atoms in total. The maximum atomic E-state index is 13.0. The number of allylic oxidation sites excluding steroid dienone is 6. The average Bonchev–Trinajstić information content (AvgIpc) is 3.34. The predicted molar refractivity (Wildman–Crippen MR) is 174 cm³/mol. The number of nitrogens with one attached hydrogen (secondary N) is 1. The normalized spacial score (nSPS) is 36.1. The minimum absolute atomic E-state index is 0. The van der Waals surface area contributed by atoms with Gasteiger partial charge in [0.05, 0.1) is 22.4 Å². The van der Waals surface area contributed by atoms with Crippen molar-refractivity contribution in [2.75, 3.05) is 32.7 Å². The van der Waals surface area contributed by atoms with Crippen molar-refractivity contribution in [1.82, 2.24) is 15.3 Å². The van der Waals surface area contributed by atoms with E-state index >= 15 is 0 Å². The number of nitrogens with zero attached hydrogens (tertiary/aromatic N) is 3. The Morgan fingerprint density at radius 3 is 2.51 bits per heavy atom. The SMILES string of the molecule is Cl.ON1CCC2=c3ccccc3=NC2=C1C1=C[C@@]2(O)CC/C=C\CCCCN3CC[C@@H]1[C@]1(CC/C=C\CCCCN[C@H]12)C3. The number of halogens is 1. The molecule has 43 heavy (non-hydrogen) atoms. The highest BCUT2D eigenvalue weighted by Gasteiger charge is 2.59. The van der Waals surface area contributed by atoms with Gasteiger partial charge in [0.1, 0.15) is 0 Å². The highest BCUT2D eigenvalue weighted by Crippen LogP contribution is 2.56. The van der Waals surface area contributed by atoms with Crippen molar-refractivity contribution in [3.8, 4) is 0 Å². The smallest absolute Gasteiger partial charge is 0.0995 e. The van der Waals surface area contributed by atoms with Crippen LogP contribution in [-0.2, 0) is 0 Å². The van der Waals surface area contributed by atoms with E-state index in [2.05, 4.69) is 58.8 Å². The molecular weight excluding hydrogens is 556 g/mol. The van der Waals surface area contributed by atoms with Crippen molar-refractivity contribution in [1.29, 1.82) is 0 Å². The van der Waals surface area contributed by atoms with Gasteiger partial charge in [-0.1, -0.05) is 42.5 Å². The molecule has 1 fully saturated rings. The molecule has 232 valence electrons. The Morgan fingerprint density at radius 2 is 1.65 bits per heavy atom. The Kier molecular flexibility index (Phi) is 9.32. The maximum Gasteiger partial charge on any atom is 0.0995 e. The summed E-state index contributed by atoms with van der Waals surface area (Å²) in [5, 5.41) is 32.2. The number of benzene rings is 1. The van der Waals surface area contributed by atoms with Crippen LogP contribution < -0.4 is 15.9 Å². The Morgan fingerprint density at radius 1 is 0.884 bits per heavy atom. The van der Waals surface area contributed by atoms with Crippen LogP contribution in [0, 0.1) is 11.3 Å². The van der Waals surface area contributed by atoms with Crippen molar-refractivity contribution in [3.63, 3.8) is 0 Å². The maximum absolute atomic E-state index is 13.0. The van der Waals surface area contributed by atoms with Gasteiger partial charge in [0.25, 0.3) is 0 Å². The first kappa shape index (κ1) is 30.8.